The average molecular weight is 255 g/mol. The van der Waals surface area contributed by atoms with E-state index >= 15 is 0 Å². The van der Waals surface area contributed by atoms with E-state index in [4.69, 9.17) is 10.5 Å². The average Bonchev–Trinajstić information content (AvgIpc) is 2.46. The zero-order valence-corrected chi connectivity index (χ0v) is 10.8. The lowest BCUT2D eigenvalue weighted by molar-refractivity contribution is 0.0246. The predicted molar refractivity (Wildman–Crippen MR) is 74.7 cm³/mol. The van der Waals surface area contributed by atoms with Gasteiger partial charge in [-0.1, -0.05) is 48.5 Å². The van der Waals surface area contributed by atoms with Crippen LogP contribution >= 0.6 is 0 Å². The highest BCUT2D eigenvalue weighted by atomic mass is 16.5. The Kier molecular flexibility index (Phi) is 4.31. The molecular formula is C16H17NO2. The Hall–Kier alpha value is -2.13. The molecule has 0 spiro atoms. The number of nitrogens with two attached hydrogens (primary N) is 1. The second-order valence-electron chi connectivity index (χ2n) is 4.46. The van der Waals surface area contributed by atoms with Crippen LogP contribution in [0.25, 0.3) is 0 Å². The van der Waals surface area contributed by atoms with Crippen LogP contribution in [0.4, 0.5) is 0 Å². The molecule has 0 aliphatic rings. The molecule has 2 aromatic carbocycles. The molecular weight excluding hydrogens is 238 g/mol. The second kappa shape index (κ2) is 6.16. The molecule has 0 amide bonds. The van der Waals surface area contributed by atoms with E-state index in [0.29, 0.717) is 5.56 Å². The van der Waals surface area contributed by atoms with E-state index in [1.54, 1.807) is 24.3 Å². The van der Waals surface area contributed by atoms with Gasteiger partial charge in [-0.3, -0.25) is 0 Å². The maximum atomic E-state index is 12.1. The fourth-order valence-electron chi connectivity index (χ4n) is 1.88. The van der Waals surface area contributed by atoms with Gasteiger partial charge in [0.1, 0.15) is 6.10 Å². The molecule has 0 aliphatic heterocycles. The minimum absolute atomic E-state index is 0.268. The predicted octanol–water partition coefficient (Wildman–Crippen LogP) is 2.93. The lowest BCUT2D eigenvalue weighted by Crippen LogP contribution is -2.28. The molecule has 0 heterocycles. The third kappa shape index (κ3) is 3.42. The van der Waals surface area contributed by atoms with Crippen LogP contribution in [0.2, 0.25) is 0 Å². The Morgan fingerprint density at radius 2 is 1.53 bits per heavy atom. The van der Waals surface area contributed by atoms with Crippen molar-refractivity contribution in [2.24, 2.45) is 5.73 Å². The van der Waals surface area contributed by atoms with Crippen molar-refractivity contribution in [3.8, 4) is 0 Å². The minimum Gasteiger partial charge on any atom is -0.452 e. The van der Waals surface area contributed by atoms with Crippen molar-refractivity contribution >= 4 is 5.97 Å². The van der Waals surface area contributed by atoms with Gasteiger partial charge in [0.15, 0.2) is 0 Å². The van der Waals surface area contributed by atoms with Crippen molar-refractivity contribution in [1.82, 2.24) is 0 Å². The first-order chi connectivity index (χ1) is 9.18. The standard InChI is InChI=1S/C16H17NO2/c1-12(17)15(13-8-4-2-5-9-13)19-16(18)14-10-6-3-7-11-14/h2-12,15H,17H2,1H3. The molecule has 3 heteroatoms. The molecule has 0 fully saturated rings. The zero-order valence-electron chi connectivity index (χ0n) is 10.8. The Labute approximate surface area is 113 Å². The number of ether oxygens (including phenoxy) is 1. The van der Waals surface area contributed by atoms with Crippen LogP contribution in [0.15, 0.2) is 60.7 Å². The highest BCUT2D eigenvalue weighted by Gasteiger charge is 2.21. The summed E-state index contributed by atoms with van der Waals surface area (Å²) in [5.41, 5.74) is 7.35. The van der Waals surface area contributed by atoms with E-state index < -0.39 is 6.10 Å². The minimum atomic E-state index is -0.436. The van der Waals surface area contributed by atoms with Crippen molar-refractivity contribution in [2.75, 3.05) is 0 Å². The van der Waals surface area contributed by atoms with Crippen LogP contribution < -0.4 is 5.73 Å². The largest absolute Gasteiger partial charge is 0.452 e. The molecule has 0 saturated carbocycles. The van der Waals surface area contributed by atoms with E-state index in [0.717, 1.165) is 5.56 Å². The summed E-state index contributed by atoms with van der Waals surface area (Å²) in [6.45, 7) is 1.83. The Bertz CT molecular complexity index is 523. The summed E-state index contributed by atoms with van der Waals surface area (Å²) in [5.74, 6) is -0.355. The van der Waals surface area contributed by atoms with Gasteiger partial charge in [-0.2, -0.15) is 0 Å². The van der Waals surface area contributed by atoms with Gasteiger partial charge in [-0.15, -0.1) is 0 Å². The van der Waals surface area contributed by atoms with Crippen LogP contribution in [0.5, 0.6) is 0 Å². The first-order valence-corrected chi connectivity index (χ1v) is 6.25. The van der Waals surface area contributed by atoms with Gasteiger partial charge < -0.3 is 10.5 Å². The van der Waals surface area contributed by atoms with Crippen LogP contribution in [0, 0.1) is 0 Å². The molecule has 2 aromatic rings. The SMILES string of the molecule is CC(N)C(OC(=O)c1ccccc1)c1ccccc1. The van der Waals surface area contributed by atoms with Crippen molar-refractivity contribution in [1.29, 1.82) is 0 Å². The number of carbonyl (C=O) groups excluding carboxylic acids is 1. The van der Waals surface area contributed by atoms with E-state index in [-0.39, 0.29) is 12.0 Å². The third-order valence-electron chi connectivity index (χ3n) is 2.85. The van der Waals surface area contributed by atoms with Crippen molar-refractivity contribution < 1.29 is 9.53 Å². The Morgan fingerprint density at radius 1 is 1.00 bits per heavy atom. The first-order valence-electron chi connectivity index (χ1n) is 6.25. The highest BCUT2D eigenvalue weighted by molar-refractivity contribution is 5.89. The second-order valence-corrected chi connectivity index (χ2v) is 4.46. The van der Waals surface area contributed by atoms with Gasteiger partial charge in [-0.25, -0.2) is 4.79 Å². The summed E-state index contributed by atoms with van der Waals surface area (Å²) in [4.78, 5) is 12.1. The van der Waals surface area contributed by atoms with E-state index in [2.05, 4.69) is 0 Å². The maximum absolute atomic E-state index is 12.1. The van der Waals surface area contributed by atoms with Crippen LogP contribution in [-0.4, -0.2) is 12.0 Å². The molecule has 0 saturated heterocycles. The van der Waals surface area contributed by atoms with Gasteiger partial charge in [-0.05, 0) is 24.6 Å². The number of rotatable bonds is 4. The number of hydrogen-bond donors (Lipinski definition) is 1. The molecule has 2 N–H and O–H groups in total. The number of esters is 1. The smallest absolute Gasteiger partial charge is 0.338 e. The lowest BCUT2D eigenvalue weighted by atomic mass is 10.0. The first kappa shape index (κ1) is 13.3. The molecule has 0 aliphatic carbocycles. The zero-order chi connectivity index (χ0) is 13.7. The molecule has 3 nitrogen and oxygen atoms in total. The maximum Gasteiger partial charge on any atom is 0.338 e. The van der Waals surface area contributed by atoms with Crippen LogP contribution in [-0.2, 0) is 4.74 Å². The molecule has 98 valence electrons. The fourth-order valence-corrected chi connectivity index (χ4v) is 1.88. The Morgan fingerprint density at radius 3 is 2.05 bits per heavy atom. The summed E-state index contributed by atoms with van der Waals surface area (Å²) in [7, 11) is 0. The highest BCUT2D eigenvalue weighted by Crippen LogP contribution is 2.21. The number of carbonyl (C=O) groups is 1. The topological polar surface area (TPSA) is 52.3 Å². The van der Waals surface area contributed by atoms with Crippen molar-refractivity contribution in [2.45, 2.75) is 19.1 Å². The monoisotopic (exact) mass is 255 g/mol. The van der Waals surface area contributed by atoms with E-state index in [1.165, 1.54) is 0 Å². The Balaban J connectivity index is 2.17. The van der Waals surface area contributed by atoms with Gasteiger partial charge in [0.2, 0.25) is 0 Å². The molecule has 19 heavy (non-hydrogen) atoms. The van der Waals surface area contributed by atoms with E-state index in [9.17, 15) is 4.79 Å². The van der Waals surface area contributed by atoms with Gasteiger partial charge in [0.05, 0.1) is 5.56 Å². The fraction of sp³-hybridized carbons (Fsp3) is 0.188. The molecule has 2 atom stereocenters. The van der Waals surface area contributed by atoms with Crippen molar-refractivity contribution in [3.05, 3.63) is 71.8 Å². The lowest BCUT2D eigenvalue weighted by Gasteiger charge is -2.21. The summed E-state index contributed by atoms with van der Waals surface area (Å²) >= 11 is 0. The van der Waals surface area contributed by atoms with Crippen molar-refractivity contribution in [3.63, 3.8) is 0 Å². The summed E-state index contributed by atoms with van der Waals surface area (Å²) < 4.78 is 5.52. The normalized spacial score (nSPS) is 13.6. The van der Waals surface area contributed by atoms with E-state index in [1.807, 2.05) is 43.3 Å². The molecule has 0 aromatic heterocycles. The molecule has 0 bridgehead atoms. The number of hydrogen-bond acceptors (Lipinski definition) is 3. The quantitative estimate of drug-likeness (QED) is 0.855. The van der Waals surface area contributed by atoms with Gasteiger partial charge in [0, 0.05) is 6.04 Å². The van der Waals surface area contributed by atoms with Crippen LogP contribution in [0.3, 0.4) is 0 Å². The molecule has 2 rings (SSSR count). The molecule has 2 unspecified atom stereocenters. The molecule has 0 radical (unpaired) electrons. The van der Waals surface area contributed by atoms with Crippen LogP contribution in [0.1, 0.15) is 28.9 Å². The van der Waals surface area contributed by atoms with Gasteiger partial charge >= 0.3 is 5.97 Å². The summed E-state index contributed by atoms with van der Waals surface area (Å²) in [6.07, 6.45) is -0.436. The van der Waals surface area contributed by atoms with Gasteiger partial charge in [0.25, 0.3) is 0 Å². The third-order valence-corrected chi connectivity index (χ3v) is 2.85. The summed E-state index contributed by atoms with van der Waals surface area (Å²) in [6, 6.07) is 18.2. The summed E-state index contributed by atoms with van der Waals surface area (Å²) in [5, 5.41) is 0. The number of benzene rings is 2.